The summed E-state index contributed by atoms with van der Waals surface area (Å²) in [7, 11) is 0. The van der Waals surface area contributed by atoms with Crippen LogP contribution < -0.4 is 5.73 Å². The standard InChI is InChI=1S/C14H15BrN2O2/c15-8-5-6-9-10(7-8)14(19)17(13(9)18)12-4-2-1-3-11(12)16/h5-7,11-12H,1-4,16H2. The highest BCUT2D eigenvalue weighted by molar-refractivity contribution is 9.10. The van der Waals surface area contributed by atoms with Crippen molar-refractivity contribution in [3.63, 3.8) is 0 Å². The highest BCUT2D eigenvalue weighted by Gasteiger charge is 2.42. The molecule has 2 aliphatic rings. The van der Waals surface area contributed by atoms with Gasteiger partial charge in [-0.2, -0.15) is 0 Å². The first-order valence-corrected chi connectivity index (χ1v) is 7.32. The number of fused-ring (bicyclic) bond motifs is 1. The molecule has 1 saturated carbocycles. The molecule has 4 nitrogen and oxygen atoms in total. The van der Waals surface area contributed by atoms with Gasteiger partial charge in [0.15, 0.2) is 0 Å². The quantitative estimate of drug-likeness (QED) is 0.807. The number of halogens is 1. The van der Waals surface area contributed by atoms with E-state index in [9.17, 15) is 9.59 Å². The number of carbonyl (C=O) groups excluding carboxylic acids is 2. The van der Waals surface area contributed by atoms with Crippen LogP contribution in [-0.2, 0) is 0 Å². The minimum Gasteiger partial charge on any atom is -0.326 e. The van der Waals surface area contributed by atoms with Crippen molar-refractivity contribution in [3.8, 4) is 0 Å². The van der Waals surface area contributed by atoms with Crippen LogP contribution in [0.2, 0.25) is 0 Å². The van der Waals surface area contributed by atoms with Crippen LogP contribution in [-0.4, -0.2) is 28.8 Å². The second kappa shape index (κ2) is 4.72. The predicted octanol–water partition coefficient (Wildman–Crippen LogP) is 2.32. The Bertz CT molecular complexity index is 558. The molecule has 1 fully saturated rings. The zero-order valence-electron chi connectivity index (χ0n) is 10.4. The molecule has 5 heteroatoms. The lowest BCUT2D eigenvalue weighted by atomic mass is 9.90. The molecule has 1 aliphatic heterocycles. The largest absolute Gasteiger partial charge is 0.326 e. The Labute approximate surface area is 120 Å². The molecule has 2 N–H and O–H groups in total. The smallest absolute Gasteiger partial charge is 0.261 e. The molecule has 0 spiro atoms. The average molecular weight is 323 g/mol. The van der Waals surface area contributed by atoms with Crippen molar-refractivity contribution >= 4 is 27.7 Å². The van der Waals surface area contributed by atoms with Gasteiger partial charge < -0.3 is 5.73 Å². The van der Waals surface area contributed by atoms with Crippen molar-refractivity contribution in [1.82, 2.24) is 4.90 Å². The zero-order chi connectivity index (χ0) is 13.6. The third kappa shape index (κ3) is 2.01. The van der Waals surface area contributed by atoms with Crippen molar-refractivity contribution < 1.29 is 9.59 Å². The Balaban J connectivity index is 1.98. The molecular weight excluding hydrogens is 308 g/mol. The number of hydrogen-bond donors (Lipinski definition) is 1. The maximum absolute atomic E-state index is 12.4. The van der Waals surface area contributed by atoms with Crippen LogP contribution in [0.25, 0.3) is 0 Å². The highest BCUT2D eigenvalue weighted by Crippen LogP contribution is 2.31. The summed E-state index contributed by atoms with van der Waals surface area (Å²) in [6, 6.07) is 4.95. The van der Waals surface area contributed by atoms with Crippen LogP contribution in [0.1, 0.15) is 46.4 Å². The summed E-state index contributed by atoms with van der Waals surface area (Å²) >= 11 is 3.33. The van der Waals surface area contributed by atoms with Crippen molar-refractivity contribution in [3.05, 3.63) is 33.8 Å². The van der Waals surface area contributed by atoms with Gasteiger partial charge in [0.1, 0.15) is 0 Å². The summed E-state index contributed by atoms with van der Waals surface area (Å²) in [6.07, 6.45) is 3.79. The fraction of sp³-hybridized carbons (Fsp3) is 0.429. The summed E-state index contributed by atoms with van der Waals surface area (Å²) in [6.45, 7) is 0. The number of rotatable bonds is 1. The normalized spacial score (nSPS) is 26.7. The number of imide groups is 1. The number of nitrogens with zero attached hydrogens (tertiary/aromatic N) is 1. The molecule has 1 heterocycles. The van der Waals surface area contributed by atoms with E-state index in [0.29, 0.717) is 11.1 Å². The van der Waals surface area contributed by atoms with E-state index in [4.69, 9.17) is 5.73 Å². The minimum absolute atomic E-state index is 0.0978. The SMILES string of the molecule is NC1CCCCC1N1C(=O)c2ccc(Br)cc2C1=O. The van der Waals surface area contributed by atoms with Gasteiger partial charge in [-0.1, -0.05) is 28.8 Å². The Hall–Kier alpha value is -1.20. The van der Waals surface area contributed by atoms with Gasteiger partial charge in [-0.3, -0.25) is 14.5 Å². The molecule has 0 radical (unpaired) electrons. The van der Waals surface area contributed by atoms with Gasteiger partial charge in [0.2, 0.25) is 0 Å². The minimum atomic E-state index is -0.205. The lowest BCUT2D eigenvalue weighted by Gasteiger charge is -2.34. The van der Waals surface area contributed by atoms with E-state index in [1.165, 1.54) is 4.90 Å². The van der Waals surface area contributed by atoms with E-state index in [-0.39, 0.29) is 23.9 Å². The van der Waals surface area contributed by atoms with Gasteiger partial charge in [-0.25, -0.2) is 0 Å². The van der Waals surface area contributed by atoms with E-state index in [0.717, 1.165) is 30.2 Å². The average Bonchev–Trinajstić information content (AvgIpc) is 2.63. The van der Waals surface area contributed by atoms with Crippen LogP contribution >= 0.6 is 15.9 Å². The van der Waals surface area contributed by atoms with Gasteiger partial charge in [-0.15, -0.1) is 0 Å². The molecule has 19 heavy (non-hydrogen) atoms. The maximum Gasteiger partial charge on any atom is 0.261 e. The third-order valence-corrected chi connectivity index (χ3v) is 4.49. The Kier molecular flexibility index (Phi) is 3.19. The number of carbonyl (C=O) groups is 2. The molecule has 0 aromatic heterocycles. The molecular formula is C14H15BrN2O2. The van der Waals surface area contributed by atoms with E-state index < -0.39 is 0 Å². The van der Waals surface area contributed by atoms with Gasteiger partial charge in [0, 0.05) is 10.5 Å². The van der Waals surface area contributed by atoms with Gasteiger partial charge >= 0.3 is 0 Å². The maximum atomic E-state index is 12.4. The molecule has 1 aliphatic carbocycles. The van der Waals surface area contributed by atoms with E-state index in [1.807, 2.05) is 0 Å². The lowest BCUT2D eigenvalue weighted by molar-refractivity contribution is 0.0525. The first-order chi connectivity index (χ1) is 9.09. The molecule has 0 saturated heterocycles. The van der Waals surface area contributed by atoms with Crippen LogP contribution in [0.15, 0.2) is 22.7 Å². The fourth-order valence-electron chi connectivity index (χ4n) is 2.99. The van der Waals surface area contributed by atoms with Crippen molar-refractivity contribution in [2.24, 2.45) is 5.73 Å². The Morgan fingerprint density at radius 1 is 1.11 bits per heavy atom. The molecule has 2 atom stereocenters. The summed E-state index contributed by atoms with van der Waals surface area (Å²) in [5, 5.41) is 0. The number of amides is 2. The highest BCUT2D eigenvalue weighted by atomic mass is 79.9. The van der Waals surface area contributed by atoms with E-state index >= 15 is 0 Å². The molecule has 2 unspecified atom stereocenters. The third-order valence-electron chi connectivity index (χ3n) is 3.99. The van der Waals surface area contributed by atoms with Gasteiger partial charge in [-0.05, 0) is 31.0 Å². The van der Waals surface area contributed by atoms with Gasteiger partial charge in [0.05, 0.1) is 17.2 Å². The van der Waals surface area contributed by atoms with E-state index in [2.05, 4.69) is 15.9 Å². The second-order valence-corrected chi connectivity index (χ2v) is 6.10. The second-order valence-electron chi connectivity index (χ2n) is 5.19. The van der Waals surface area contributed by atoms with E-state index in [1.54, 1.807) is 18.2 Å². The van der Waals surface area contributed by atoms with Crippen LogP contribution in [0.3, 0.4) is 0 Å². The predicted molar refractivity (Wildman–Crippen MR) is 74.9 cm³/mol. The summed E-state index contributed by atoms with van der Waals surface area (Å²) < 4.78 is 0.808. The number of benzene rings is 1. The fourth-order valence-corrected chi connectivity index (χ4v) is 3.35. The Morgan fingerprint density at radius 2 is 1.79 bits per heavy atom. The molecule has 0 bridgehead atoms. The molecule has 1 aromatic rings. The summed E-state index contributed by atoms with van der Waals surface area (Å²) in [5.41, 5.74) is 7.07. The monoisotopic (exact) mass is 322 g/mol. The molecule has 100 valence electrons. The first-order valence-electron chi connectivity index (χ1n) is 6.52. The summed E-state index contributed by atoms with van der Waals surface area (Å²) in [5.74, 6) is -0.404. The molecule has 3 rings (SSSR count). The lowest BCUT2D eigenvalue weighted by Crippen LogP contribution is -2.51. The van der Waals surface area contributed by atoms with Crippen LogP contribution in [0.5, 0.6) is 0 Å². The first kappa shape index (κ1) is 12.8. The topological polar surface area (TPSA) is 63.4 Å². The van der Waals surface area contributed by atoms with Gasteiger partial charge in [0.25, 0.3) is 11.8 Å². The van der Waals surface area contributed by atoms with Crippen molar-refractivity contribution in [2.75, 3.05) is 0 Å². The number of hydrogen-bond acceptors (Lipinski definition) is 3. The molecule has 1 aromatic carbocycles. The number of nitrogens with two attached hydrogens (primary N) is 1. The van der Waals surface area contributed by atoms with Crippen molar-refractivity contribution in [2.45, 2.75) is 37.8 Å². The van der Waals surface area contributed by atoms with Crippen molar-refractivity contribution in [1.29, 1.82) is 0 Å². The summed E-state index contributed by atoms with van der Waals surface area (Å²) in [4.78, 5) is 26.2. The molecule has 2 amide bonds. The van der Waals surface area contributed by atoms with Crippen LogP contribution in [0, 0.1) is 0 Å². The Morgan fingerprint density at radius 3 is 2.53 bits per heavy atom. The van der Waals surface area contributed by atoms with Crippen LogP contribution in [0.4, 0.5) is 0 Å². The zero-order valence-corrected chi connectivity index (χ0v) is 12.0.